The van der Waals surface area contributed by atoms with E-state index in [1.54, 1.807) is 0 Å². The molecule has 2 aliphatic rings. The molecular weight excluding hydrogens is 202 g/mol. The summed E-state index contributed by atoms with van der Waals surface area (Å²) in [6.07, 6.45) is 2.86. The summed E-state index contributed by atoms with van der Waals surface area (Å²) in [6, 6.07) is 0.115. The van der Waals surface area contributed by atoms with Gasteiger partial charge in [0.25, 0.3) is 0 Å². The van der Waals surface area contributed by atoms with E-state index >= 15 is 0 Å². The summed E-state index contributed by atoms with van der Waals surface area (Å²) in [4.78, 5) is 0. The number of aliphatic hydroxyl groups excluding tert-OH is 1. The molecule has 1 heterocycles. The zero-order valence-electron chi connectivity index (χ0n) is 8.20. The maximum atomic E-state index is 11.2. The Kier molecular flexibility index (Phi) is 2.57. The van der Waals surface area contributed by atoms with E-state index in [9.17, 15) is 8.42 Å². The number of hydrogen-bond acceptors (Lipinski definition) is 4. The first-order valence-corrected chi connectivity index (χ1v) is 6.92. The first-order valence-electron chi connectivity index (χ1n) is 5.10. The minimum atomic E-state index is -2.77. The van der Waals surface area contributed by atoms with Crippen molar-refractivity contribution in [2.24, 2.45) is 5.41 Å². The molecule has 0 amide bonds. The minimum absolute atomic E-state index is 0.0757. The van der Waals surface area contributed by atoms with Crippen LogP contribution in [-0.4, -0.2) is 44.2 Å². The Labute approximate surface area is 84.6 Å². The van der Waals surface area contributed by atoms with Gasteiger partial charge >= 0.3 is 0 Å². The summed E-state index contributed by atoms with van der Waals surface area (Å²) >= 11 is 0. The van der Waals surface area contributed by atoms with Gasteiger partial charge in [-0.05, 0) is 19.3 Å². The minimum Gasteiger partial charge on any atom is -0.396 e. The van der Waals surface area contributed by atoms with Gasteiger partial charge in [0.05, 0.1) is 11.5 Å². The van der Waals surface area contributed by atoms with Crippen molar-refractivity contribution < 1.29 is 13.5 Å². The smallest absolute Gasteiger partial charge is 0.151 e. The second kappa shape index (κ2) is 3.47. The summed E-state index contributed by atoms with van der Waals surface area (Å²) < 4.78 is 22.3. The molecule has 0 spiro atoms. The quantitative estimate of drug-likeness (QED) is 0.671. The van der Waals surface area contributed by atoms with Crippen LogP contribution in [0, 0.1) is 5.41 Å². The fourth-order valence-corrected chi connectivity index (χ4v) is 3.59. The van der Waals surface area contributed by atoms with E-state index in [1.165, 1.54) is 0 Å². The number of rotatable bonds is 4. The number of aliphatic hydroxyl groups is 1. The van der Waals surface area contributed by atoms with Crippen LogP contribution in [0.15, 0.2) is 0 Å². The fourth-order valence-electron chi connectivity index (χ4n) is 1.88. The van der Waals surface area contributed by atoms with Gasteiger partial charge in [0, 0.05) is 24.6 Å². The van der Waals surface area contributed by atoms with Crippen molar-refractivity contribution in [1.29, 1.82) is 0 Å². The molecule has 1 atom stereocenters. The average molecular weight is 219 g/mol. The molecule has 1 unspecified atom stereocenters. The Hall–Kier alpha value is -0.130. The Morgan fingerprint density at radius 3 is 2.57 bits per heavy atom. The molecular formula is C9H17NO3S. The van der Waals surface area contributed by atoms with Crippen LogP contribution in [0.5, 0.6) is 0 Å². The van der Waals surface area contributed by atoms with Crippen LogP contribution in [-0.2, 0) is 9.84 Å². The first kappa shape index (κ1) is 10.4. The van der Waals surface area contributed by atoms with Crippen LogP contribution in [0.1, 0.15) is 19.3 Å². The normalized spacial score (nSPS) is 33.1. The number of nitrogens with one attached hydrogen (secondary N) is 1. The van der Waals surface area contributed by atoms with Gasteiger partial charge in [0.15, 0.2) is 9.84 Å². The van der Waals surface area contributed by atoms with Crippen LogP contribution >= 0.6 is 0 Å². The molecule has 1 saturated carbocycles. The van der Waals surface area contributed by atoms with Crippen molar-refractivity contribution in [1.82, 2.24) is 5.32 Å². The van der Waals surface area contributed by atoms with Gasteiger partial charge in [-0.1, -0.05) is 0 Å². The lowest BCUT2D eigenvalue weighted by Gasteiger charge is -2.16. The van der Waals surface area contributed by atoms with Crippen LogP contribution in [0.25, 0.3) is 0 Å². The summed E-state index contributed by atoms with van der Waals surface area (Å²) in [5.41, 5.74) is 0.0757. The summed E-state index contributed by atoms with van der Waals surface area (Å²) in [5, 5.41) is 12.3. The van der Waals surface area contributed by atoms with Gasteiger partial charge in [-0.15, -0.1) is 0 Å². The molecule has 4 nitrogen and oxygen atoms in total. The van der Waals surface area contributed by atoms with Gasteiger partial charge in [-0.25, -0.2) is 8.42 Å². The molecule has 1 aliphatic heterocycles. The molecule has 2 fully saturated rings. The van der Waals surface area contributed by atoms with Gasteiger partial charge in [-0.3, -0.25) is 0 Å². The lowest BCUT2D eigenvalue weighted by Crippen LogP contribution is -2.36. The van der Waals surface area contributed by atoms with E-state index in [0.29, 0.717) is 5.75 Å². The van der Waals surface area contributed by atoms with E-state index in [0.717, 1.165) is 25.8 Å². The van der Waals surface area contributed by atoms with Crippen molar-refractivity contribution in [3.8, 4) is 0 Å². The highest BCUT2D eigenvalue weighted by atomic mass is 32.2. The van der Waals surface area contributed by atoms with Crippen LogP contribution < -0.4 is 5.32 Å². The van der Waals surface area contributed by atoms with Gasteiger partial charge in [0.2, 0.25) is 0 Å². The predicted octanol–water partition coefficient (Wildman–Crippen LogP) is -0.464. The van der Waals surface area contributed by atoms with Gasteiger partial charge in [-0.2, -0.15) is 0 Å². The lowest BCUT2D eigenvalue weighted by atomic mass is 10.1. The standard InChI is InChI=1S/C9H17NO3S/c11-7-9(2-3-9)6-10-8-1-4-14(12,13)5-8/h8,10-11H,1-7H2. The Morgan fingerprint density at radius 2 is 2.14 bits per heavy atom. The molecule has 2 rings (SSSR count). The monoisotopic (exact) mass is 219 g/mol. The molecule has 0 bridgehead atoms. The maximum Gasteiger partial charge on any atom is 0.151 e. The average Bonchev–Trinajstić information content (AvgIpc) is 2.84. The Balaban J connectivity index is 1.77. The van der Waals surface area contributed by atoms with Crippen LogP contribution in [0.2, 0.25) is 0 Å². The van der Waals surface area contributed by atoms with Gasteiger partial charge in [0.1, 0.15) is 0 Å². The van der Waals surface area contributed by atoms with Crippen molar-refractivity contribution >= 4 is 9.84 Å². The van der Waals surface area contributed by atoms with Crippen LogP contribution in [0.3, 0.4) is 0 Å². The van der Waals surface area contributed by atoms with Crippen molar-refractivity contribution in [2.45, 2.75) is 25.3 Å². The highest BCUT2D eigenvalue weighted by Crippen LogP contribution is 2.44. The molecule has 0 aromatic heterocycles. The molecule has 2 N–H and O–H groups in total. The second-order valence-corrected chi connectivity index (χ2v) is 6.87. The van der Waals surface area contributed by atoms with E-state index in [-0.39, 0.29) is 23.8 Å². The third kappa shape index (κ3) is 2.27. The molecule has 14 heavy (non-hydrogen) atoms. The molecule has 0 aromatic rings. The highest BCUT2D eigenvalue weighted by Gasteiger charge is 2.42. The highest BCUT2D eigenvalue weighted by molar-refractivity contribution is 7.91. The zero-order chi connectivity index (χ0) is 10.2. The SMILES string of the molecule is O=S1(=O)CCC(NCC2(CO)CC2)C1. The molecule has 1 saturated heterocycles. The summed E-state index contributed by atoms with van der Waals surface area (Å²) in [7, 11) is -2.77. The second-order valence-electron chi connectivity index (χ2n) is 4.64. The molecule has 0 radical (unpaired) electrons. The predicted molar refractivity (Wildman–Crippen MR) is 53.8 cm³/mol. The molecule has 5 heteroatoms. The topological polar surface area (TPSA) is 66.4 Å². The molecule has 1 aliphatic carbocycles. The number of hydrogen-bond donors (Lipinski definition) is 2. The molecule has 82 valence electrons. The summed E-state index contributed by atoms with van der Waals surface area (Å²) in [6.45, 7) is 0.989. The fraction of sp³-hybridized carbons (Fsp3) is 1.00. The van der Waals surface area contributed by atoms with E-state index < -0.39 is 9.84 Å². The largest absolute Gasteiger partial charge is 0.396 e. The van der Waals surface area contributed by atoms with E-state index in [1.807, 2.05) is 0 Å². The van der Waals surface area contributed by atoms with E-state index in [4.69, 9.17) is 5.11 Å². The maximum absolute atomic E-state index is 11.2. The third-order valence-corrected chi connectivity index (χ3v) is 5.06. The lowest BCUT2D eigenvalue weighted by molar-refractivity contribution is 0.205. The summed E-state index contributed by atoms with van der Waals surface area (Å²) in [5.74, 6) is 0.589. The Bertz CT molecular complexity index is 308. The van der Waals surface area contributed by atoms with Gasteiger partial charge < -0.3 is 10.4 Å². The number of sulfone groups is 1. The Morgan fingerprint density at radius 1 is 1.43 bits per heavy atom. The van der Waals surface area contributed by atoms with Crippen molar-refractivity contribution in [2.75, 3.05) is 24.7 Å². The molecule has 0 aromatic carbocycles. The van der Waals surface area contributed by atoms with E-state index in [2.05, 4.69) is 5.32 Å². The zero-order valence-corrected chi connectivity index (χ0v) is 9.02. The third-order valence-electron chi connectivity index (χ3n) is 3.29. The van der Waals surface area contributed by atoms with Crippen molar-refractivity contribution in [3.05, 3.63) is 0 Å². The van der Waals surface area contributed by atoms with Crippen molar-refractivity contribution in [3.63, 3.8) is 0 Å². The first-order chi connectivity index (χ1) is 6.55. The van der Waals surface area contributed by atoms with Crippen LogP contribution in [0.4, 0.5) is 0 Å².